The van der Waals surface area contributed by atoms with Gasteiger partial charge in [-0.2, -0.15) is 9.97 Å². The fourth-order valence-corrected chi connectivity index (χ4v) is 5.63. The van der Waals surface area contributed by atoms with Crippen molar-refractivity contribution in [3.8, 4) is 17.4 Å². The summed E-state index contributed by atoms with van der Waals surface area (Å²) in [6, 6.07) is 6.12. The highest BCUT2D eigenvalue weighted by atomic mass is 16.6. The number of H-pyrrole nitrogens is 1. The number of anilines is 2. The Morgan fingerprint density at radius 2 is 1.84 bits per heavy atom. The quantitative estimate of drug-likeness (QED) is 0.518. The predicted octanol–water partition coefficient (Wildman–Crippen LogP) is 3.96. The van der Waals surface area contributed by atoms with Crippen molar-refractivity contribution >= 4 is 28.6 Å². The number of nitrogens with zero attached hydrogens (tertiary/aromatic N) is 4. The average Bonchev–Trinajstić information content (AvgIpc) is 3.43. The maximum atomic E-state index is 13.6. The number of rotatable bonds is 6. The van der Waals surface area contributed by atoms with E-state index in [1.807, 2.05) is 30.0 Å². The second-order valence-corrected chi connectivity index (χ2v) is 9.79. The van der Waals surface area contributed by atoms with Gasteiger partial charge in [-0.3, -0.25) is 4.79 Å². The third-order valence-electron chi connectivity index (χ3n) is 7.49. The topological polar surface area (TPSA) is 105 Å². The third-order valence-corrected chi connectivity index (χ3v) is 7.49. The van der Waals surface area contributed by atoms with Crippen molar-refractivity contribution in [1.29, 1.82) is 0 Å². The molecule has 0 saturated carbocycles. The fraction of sp³-hybridized carbons (Fsp3) is 0.519. The molecule has 10 heteroatoms. The van der Waals surface area contributed by atoms with Gasteiger partial charge in [-0.25, -0.2) is 0 Å². The van der Waals surface area contributed by atoms with Crippen LogP contribution in [0.2, 0.25) is 0 Å². The number of aromatic amines is 1. The van der Waals surface area contributed by atoms with Crippen LogP contribution in [-0.4, -0.2) is 82.7 Å². The molecule has 2 saturated heterocycles. The van der Waals surface area contributed by atoms with Gasteiger partial charge in [-0.05, 0) is 63.9 Å². The molecule has 37 heavy (non-hydrogen) atoms. The van der Waals surface area contributed by atoms with Crippen LogP contribution in [0.3, 0.4) is 0 Å². The molecule has 2 N–H and O–H groups in total. The maximum absolute atomic E-state index is 13.6. The number of hydrogen-bond acceptors (Lipinski definition) is 8. The van der Waals surface area contributed by atoms with Crippen molar-refractivity contribution in [2.45, 2.75) is 45.1 Å². The summed E-state index contributed by atoms with van der Waals surface area (Å²) in [5, 5.41) is 4.06. The molecular weight excluding hydrogens is 472 g/mol. The molecule has 3 aromatic rings. The first-order chi connectivity index (χ1) is 18.2. The van der Waals surface area contributed by atoms with E-state index < -0.39 is 0 Å². The van der Waals surface area contributed by atoms with E-state index in [0.717, 1.165) is 31.3 Å². The summed E-state index contributed by atoms with van der Waals surface area (Å²) in [5.74, 6) is 1.85. The van der Waals surface area contributed by atoms with Gasteiger partial charge in [0.25, 0.3) is 5.91 Å². The number of hydrogen-bond donors (Lipinski definition) is 2. The molecule has 196 valence electrons. The second-order valence-electron chi connectivity index (χ2n) is 9.79. The zero-order valence-corrected chi connectivity index (χ0v) is 21.3. The number of amides is 1. The minimum Gasteiger partial charge on any atom is -0.485 e. The first kappa shape index (κ1) is 23.8. The number of likely N-dealkylation sites (tertiary alicyclic amines) is 2. The molecule has 1 amide bonds. The SMILES string of the molecule is CCOc1nc(Nc2ccc(C(=O)N3CCC(N4CCCCC4)CC3)c3c2OCCO3)nc2[nH]ccc12. The average molecular weight is 507 g/mol. The molecule has 3 aliphatic rings. The van der Waals surface area contributed by atoms with Gasteiger partial charge in [-0.15, -0.1) is 0 Å². The molecule has 0 spiro atoms. The van der Waals surface area contributed by atoms with Crippen LogP contribution in [-0.2, 0) is 0 Å². The summed E-state index contributed by atoms with van der Waals surface area (Å²) in [6.07, 6.45) is 7.77. The Balaban J connectivity index is 1.22. The Bertz CT molecular complexity index is 1260. The van der Waals surface area contributed by atoms with Crippen molar-refractivity contribution in [3.05, 3.63) is 30.0 Å². The summed E-state index contributed by atoms with van der Waals surface area (Å²) >= 11 is 0. The highest BCUT2D eigenvalue weighted by Crippen LogP contribution is 2.42. The Hall–Kier alpha value is -3.53. The van der Waals surface area contributed by atoms with Crippen LogP contribution in [0.1, 0.15) is 49.4 Å². The van der Waals surface area contributed by atoms with E-state index in [4.69, 9.17) is 14.2 Å². The summed E-state index contributed by atoms with van der Waals surface area (Å²) in [4.78, 5) is 30.4. The summed E-state index contributed by atoms with van der Waals surface area (Å²) in [7, 11) is 0. The second kappa shape index (κ2) is 10.5. The Morgan fingerprint density at radius 1 is 1.05 bits per heavy atom. The number of fused-ring (bicyclic) bond motifs is 2. The summed E-state index contributed by atoms with van der Waals surface area (Å²) in [5.41, 5.74) is 1.85. The van der Waals surface area contributed by atoms with Gasteiger partial charge in [0, 0.05) is 25.3 Å². The molecule has 3 aliphatic heterocycles. The van der Waals surface area contributed by atoms with Crippen molar-refractivity contribution in [1.82, 2.24) is 24.8 Å². The van der Waals surface area contributed by atoms with Crippen LogP contribution < -0.4 is 19.5 Å². The zero-order valence-electron chi connectivity index (χ0n) is 21.3. The lowest BCUT2D eigenvalue weighted by molar-refractivity contribution is 0.0582. The predicted molar refractivity (Wildman–Crippen MR) is 140 cm³/mol. The van der Waals surface area contributed by atoms with Gasteiger partial charge in [0.15, 0.2) is 11.5 Å². The number of nitrogens with one attached hydrogen (secondary N) is 2. The lowest BCUT2D eigenvalue weighted by Gasteiger charge is -2.40. The van der Waals surface area contributed by atoms with Gasteiger partial charge in [0.2, 0.25) is 11.8 Å². The minimum absolute atomic E-state index is 0.00641. The highest BCUT2D eigenvalue weighted by Gasteiger charge is 2.31. The molecule has 0 unspecified atom stereocenters. The van der Waals surface area contributed by atoms with Gasteiger partial charge >= 0.3 is 0 Å². The van der Waals surface area contributed by atoms with Crippen molar-refractivity contribution in [2.75, 3.05) is 51.3 Å². The van der Waals surface area contributed by atoms with Crippen molar-refractivity contribution in [3.63, 3.8) is 0 Å². The number of benzene rings is 1. The highest BCUT2D eigenvalue weighted by molar-refractivity contribution is 5.99. The molecular formula is C27H34N6O4. The van der Waals surface area contributed by atoms with E-state index in [1.54, 1.807) is 6.20 Å². The van der Waals surface area contributed by atoms with Gasteiger partial charge < -0.3 is 34.3 Å². The first-order valence-electron chi connectivity index (χ1n) is 13.4. The van der Waals surface area contributed by atoms with Crippen LogP contribution in [0.15, 0.2) is 24.4 Å². The zero-order chi connectivity index (χ0) is 25.2. The number of ether oxygens (including phenoxy) is 3. The largest absolute Gasteiger partial charge is 0.485 e. The van der Waals surface area contributed by atoms with Gasteiger partial charge in [-0.1, -0.05) is 6.42 Å². The Labute approximate surface area is 216 Å². The number of aromatic nitrogens is 3. The van der Waals surface area contributed by atoms with E-state index in [0.29, 0.717) is 66.1 Å². The molecule has 0 aliphatic carbocycles. The Kier molecular flexibility index (Phi) is 6.73. The van der Waals surface area contributed by atoms with Crippen LogP contribution in [0.5, 0.6) is 17.4 Å². The maximum Gasteiger partial charge on any atom is 0.257 e. The number of piperidine rings is 2. The van der Waals surface area contributed by atoms with E-state index in [-0.39, 0.29) is 5.91 Å². The summed E-state index contributed by atoms with van der Waals surface area (Å²) < 4.78 is 17.7. The molecule has 2 fully saturated rings. The lowest BCUT2D eigenvalue weighted by Crippen LogP contribution is -2.48. The van der Waals surface area contributed by atoms with E-state index >= 15 is 0 Å². The van der Waals surface area contributed by atoms with E-state index in [1.165, 1.54) is 32.4 Å². The normalized spacial score (nSPS) is 18.7. The number of carbonyl (C=O) groups excluding carboxylic acids is 1. The van der Waals surface area contributed by atoms with Crippen LogP contribution in [0, 0.1) is 0 Å². The molecule has 5 heterocycles. The fourth-order valence-electron chi connectivity index (χ4n) is 5.63. The third kappa shape index (κ3) is 4.77. The molecule has 2 aromatic heterocycles. The Morgan fingerprint density at radius 3 is 2.62 bits per heavy atom. The summed E-state index contributed by atoms with van der Waals surface area (Å²) in [6.45, 7) is 7.13. The van der Waals surface area contributed by atoms with Crippen LogP contribution in [0.4, 0.5) is 11.6 Å². The van der Waals surface area contributed by atoms with Crippen molar-refractivity contribution in [2.24, 2.45) is 0 Å². The molecule has 1 aromatic carbocycles. The first-order valence-corrected chi connectivity index (χ1v) is 13.4. The molecule has 0 bridgehead atoms. The van der Waals surface area contributed by atoms with Gasteiger partial charge in [0.1, 0.15) is 18.9 Å². The van der Waals surface area contributed by atoms with Crippen LogP contribution >= 0.6 is 0 Å². The smallest absolute Gasteiger partial charge is 0.257 e. The van der Waals surface area contributed by atoms with Gasteiger partial charge in [0.05, 0.1) is 23.2 Å². The minimum atomic E-state index is -0.00641. The molecule has 0 atom stereocenters. The molecule has 6 rings (SSSR count). The lowest BCUT2D eigenvalue weighted by atomic mass is 9.99. The van der Waals surface area contributed by atoms with Crippen molar-refractivity contribution < 1.29 is 19.0 Å². The molecule has 0 radical (unpaired) electrons. The van der Waals surface area contributed by atoms with Crippen LogP contribution in [0.25, 0.3) is 11.0 Å². The van der Waals surface area contributed by atoms with E-state index in [2.05, 4.69) is 25.2 Å². The molecule has 10 nitrogen and oxygen atoms in total. The monoisotopic (exact) mass is 506 g/mol. The standard InChI is InChI=1S/C27H34N6O4/c1-2-35-25-20-8-11-28-24(20)30-27(31-25)29-21-7-6-19(22-23(21)37-17-16-36-22)26(34)33-14-9-18(10-15-33)32-12-4-3-5-13-32/h6-8,11,18H,2-5,9-10,12-17H2,1H3,(H2,28,29,30,31). The van der Waals surface area contributed by atoms with E-state index in [9.17, 15) is 4.79 Å². The number of carbonyl (C=O) groups is 1.